The van der Waals surface area contributed by atoms with Crippen molar-refractivity contribution in [1.82, 2.24) is 0 Å². The number of nitrogens with zero attached hydrogens (tertiary/aromatic N) is 1. The molecule has 1 aliphatic rings. The fourth-order valence-corrected chi connectivity index (χ4v) is 4.68. The van der Waals surface area contributed by atoms with Crippen molar-refractivity contribution >= 4 is 5.71 Å². The van der Waals surface area contributed by atoms with Crippen LogP contribution in [-0.4, -0.2) is 11.8 Å². The second-order valence-electron chi connectivity index (χ2n) is 8.87. The fraction of sp³-hybridized carbons (Fsp3) is 0.950. The minimum absolute atomic E-state index is 0.286. The molecule has 0 amide bonds. The summed E-state index contributed by atoms with van der Waals surface area (Å²) in [5.74, 6) is 3.96. The Morgan fingerprint density at radius 1 is 0.810 bits per heavy atom. The van der Waals surface area contributed by atoms with E-state index in [9.17, 15) is 0 Å². The predicted molar refractivity (Wildman–Crippen MR) is 96.0 cm³/mol. The van der Waals surface area contributed by atoms with Gasteiger partial charge in [0.15, 0.2) is 0 Å². The van der Waals surface area contributed by atoms with Crippen LogP contribution in [0.4, 0.5) is 0 Å². The van der Waals surface area contributed by atoms with Gasteiger partial charge in [0.25, 0.3) is 0 Å². The quantitative estimate of drug-likeness (QED) is 0.582. The van der Waals surface area contributed by atoms with Gasteiger partial charge in [0.05, 0.1) is 6.04 Å². The second-order valence-corrected chi connectivity index (χ2v) is 8.87. The van der Waals surface area contributed by atoms with Crippen LogP contribution in [0.5, 0.6) is 0 Å². The summed E-state index contributed by atoms with van der Waals surface area (Å²) in [6.07, 6.45) is 1.32. The van der Waals surface area contributed by atoms with Gasteiger partial charge >= 0.3 is 0 Å². The lowest BCUT2D eigenvalue weighted by molar-refractivity contribution is 0.0932. The average molecular weight is 294 g/mol. The van der Waals surface area contributed by atoms with Gasteiger partial charge in [0, 0.05) is 11.1 Å². The maximum atomic E-state index is 5.40. The van der Waals surface area contributed by atoms with E-state index in [1.165, 1.54) is 12.1 Å². The van der Waals surface area contributed by atoms with Crippen LogP contribution < -0.4 is 0 Å². The number of hydrogen-bond acceptors (Lipinski definition) is 1. The highest BCUT2D eigenvalue weighted by Crippen LogP contribution is 2.51. The second kappa shape index (κ2) is 6.84. The molecule has 124 valence electrons. The standard InChI is InChI=1S/C20H39N/c1-12(2)17-11-20(15(7)8,16(9)10)19(14(5)6)21-18(17)13(3)4/h12-18H,11H2,1-10H3. The van der Waals surface area contributed by atoms with Crippen molar-refractivity contribution in [3.8, 4) is 0 Å². The van der Waals surface area contributed by atoms with Crippen molar-refractivity contribution in [2.24, 2.45) is 45.9 Å². The molecule has 0 bridgehead atoms. The van der Waals surface area contributed by atoms with Crippen molar-refractivity contribution in [3.05, 3.63) is 0 Å². The van der Waals surface area contributed by atoms with Crippen LogP contribution in [0.25, 0.3) is 0 Å². The minimum atomic E-state index is 0.286. The lowest BCUT2D eigenvalue weighted by Crippen LogP contribution is -2.52. The largest absolute Gasteiger partial charge is 0.289 e. The molecule has 21 heavy (non-hydrogen) atoms. The van der Waals surface area contributed by atoms with Crippen molar-refractivity contribution in [2.75, 3.05) is 0 Å². The van der Waals surface area contributed by atoms with Crippen molar-refractivity contribution < 1.29 is 0 Å². The summed E-state index contributed by atoms with van der Waals surface area (Å²) in [5.41, 5.74) is 1.79. The molecule has 1 nitrogen and oxygen atoms in total. The molecule has 1 aliphatic heterocycles. The third-order valence-electron chi connectivity index (χ3n) is 5.92. The molecule has 0 saturated carbocycles. The van der Waals surface area contributed by atoms with Gasteiger partial charge in [-0.05, 0) is 41.9 Å². The lowest BCUT2D eigenvalue weighted by atomic mass is 9.55. The zero-order valence-corrected chi connectivity index (χ0v) is 16.2. The van der Waals surface area contributed by atoms with E-state index in [1.807, 2.05) is 0 Å². The fourth-order valence-electron chi connectivity index (χ4n) is 4.68. The van der Waals surface area contributed by atoms with E-state index in [-0.39, 0.29) is 5.41 Å². The van der Waals surface area contributed by atoms with Crippen LogP contribution in [0.2, 0.25) is 0 Å². The first-order chi connectivity index (χ1) is 9.55. The van der Waals surface area contributed by atoms with Gasteiger partial charge in [0.1, 0.15) is 0 Å². The van der Waals surface area contributed by atoms with E-state index in [0.29, 0.717) is 35.6 Å². The number of rotatable bonds is 5. The Morgan fingerprint density at radius 2 is 1.29 bits per heavy atom. The zero-order valence-electron chi connectivity index (χ0n) is 16.2. The van der Waals surface area contributed by atoms with Crippen LogP contribution in [0.15, 0.2) is 4.99 Å². The number of hydrogen-bond donors (Lipinski definition) is 0. The van der Waals surface area contributed by atoms with E-state index in [0.717, 1.165) is 5.92 Å². The molecule has 1 rings (SSSR count). The molecule has 2 atom stereocenters. The van der Waals surface area contributed by atoms with E-state index >= 15 is 0 Å². The molecular formula is C20H39N. The van der Waals surface area contributed by atoms with Gasteiger partial charge < -0.3 is 0 Å². The Hall–Kier alpha value is -0.330. The Bertz CT molecular complexity index is 352. The number of aliphatic imine (C=N–C) groups is 1. The summed E-state index contributed by atoms with van der Waals surface area (Å²) in [6.45, 7) is 23.8. The van der Waals surface area contributed by atoms with Gasteiger partial charge in [0.2, 0.25) is 0 Å². The molecule has 0 saturated heterocycles. The Balaban J connectivity index is 3.46. The van der Waals surface area contributed by atoms with Crippen molar-refractivity contribution in [3.63, 3.8) is 0 Å². The summed E-state index contributed by atoms with van der Waals surface area (Å²) < 4.78 is 0. The molecule has 0 spiro atoms. The molecule has 0 radical (unpaired) electrons. The van der Waals surface area contributed by atoms with Crippen LogP contribution in [0.1, 0.15) is 75.7 Å². The summed E-state index contributed by atoms with van der Waals surface area (Å²) >= 11 is 0. The molecule has 0 aromatic rings. The van der Waals surface area contributed by atoms with E-state index < -0.39 is 0 Å². The molecular weight excluding hydrogens is 254 g/mol. The third kappa shape index (κ3) is 3.37. The first kappa shape index (κ1) is 18.7. The molecule has 1 heteroatoms. The lowest BCUT2D eigenvalue weighted by Gasteiger charge is -2.52. The summed E-state index contributed by atoms with van der Waals surface area (Å²) in [4.78, 5) is 5.40. The molecule has 0 aromatic heterocycles. The van der Waals surface area contributed by atoms with Gasteiger partial charge in [-0.25, -0.2) is 0 Å². The maximum Gasteiger partial charge on any atom is 0.0553 e. The Labute approximate surface area is 134 Å². The van der Waals surface area contributed by atoms with E-state index in [4.69, 9.17) is 4.99 Å². The van der Waals surface area contributed by atoms with E-state index in [2.05, 4.69) is 69.2 Å². The first-order valence-corrected chi connectivity index (χ1v) is 9.13. The first-order valence-electron chi connectivity index (χ1n) is 9.13. The van der Waals surface area contributed by atoms with Crippen molar-refractivity contribution in [1.29, 1.82) is 0 Å². The smallest absolute Gasteiger partial charge is 0.0553 e. The summed E-state index contributed by atoms with van der Waals surface area (Å²) in [6, 6.07) is 0.507. The SMILES string of the molecule is CC(C)C1=NC(C(C)C)C(C(C)C)CC1(C(C)C)C(C)C. The predicted octanol–water partition coefficient (Wildman–Crippen LogP) is 6.08. The average Bonchev–Trinajstić information content (AvgIpc) is 2.35. The molecule has 0 aliphatic carbocycles. The van der Waals surface area contributed by atoms with Crippen LogP contribution in [0.3, 0.4) is 0 Å². The maximum absolute atomic E-state index is 5.40. The summed E-state index contributed by atoms with van der Waals surface area (Å²) in [5, 5.41) is 0. The van der Waals surface area contributed by atoms with Crippen LogP contribution in [0, 0.1) is 40.9 Å². The topological polar surface area (TPSA) is 12.4 Å². The minimum Gasteiger partial charge on any atom is -0.289 e. The molecule has 0 N–H and O–H groups in total. The summed E-state index contributed by atoms with van der Waals surface area (Å²) in [7, 11) is 0. The molecule has 1 heterocycles. The molecule has 0 aromatic carbocycles. The van der Waals surface area contributed by atoms with Gasteiger partial charge in [-0.2, -0.15) is 0 Å². The molecule has 0 fully saturated rings. The molecule has 2 unspecified atom stereocenters. The Morgan fingerprint density at radius 3 is 1.57 bits per heavy atom. The van der Waals surface area contributed by atoms with Crippen LogP contribution in [-0.2, 0) is 0 Å². The van der Waals surface area contributed by atoms with Gasteiger partial charge in [-0.1, -0.05) is 69.2 Å². The van der Waals surface area contributed by atoms with E-state index in [1.54, 1.807) is 0 Å². The zero-order chi connectivity index (χ0) is 16.5. The Kier molecular flexibility index (Phi) is 6.09. The van der Waals surface area contributed by atoms with Gasteiger partial charge in [-0.15, -0.1) is 0 Å². The van der Waals surface area contributed by atoms with Crippen LogP contribution >= 0.6 is 0 Å². The monoisotopic (exact) mass is 293 g/mol. The highest BCUT2D eigenvalue weighted by molar-refractivity contribution is 5.93. The highest BCUT2D eigenvalue weighted by atomic mass is 14.9. The van der Waals surface area contributed by atoms with Crippen molar-refractivity contribution in [2.45, 2.75) is 81.7 Å². The van der Waals surface area contributed by atoms with Gasteiger partial charge in [-0.3, -0.25) is 4.99 Å². The highest BCUT2D eigenvalue weighted by Gasteiger charge is 2.49. The third-order valence-corrected chi connectivity index (χ3v) is 5.92. The normalized spacial score (nSPS) is 26.3.